The fourth-order valence-electron chi connectivity index (χ4n) is 2.87. The number of carbonyl (C=O) groups is 2. The average molecular weight is 373 g/mol. The first-order valence-electron chi connectivity index (χ1n) is 9.11. The van der Waals surface area contributed by atoms with Gasteiger partial charge in [-0.25, -0.2) is 0 Å². The van der Waals surface area contributed by atoms with Crippen LogP contribution < -0.4 is 10.6 Å². The minimum atomic E-state index is -0.317. The third-order valence-electron chi connectivity index (χ3n) is 4.55. The monoisotopic (exact) mass is 373 g/mol. The summed E-state index contributed by atoms with van der Waals surface area (Å²) < 4.78 is 0. The Bertz CT molecular complexity index is 990. The molecular weight excluding hydrogens is 350 g/mol. The van der Waals surface area contributed by atoms with Crippen molar-refractivity contribution in [3.05, 3.63) is 94.3 Å². The van der Waals surface area contributed by atoms with Gasteiger partial charge in [-0.15, -0.1) is 0 Å². The summed E-state index contributed by atoms with van der Waals surface area (Å²) in [5.74, 6) is -0.588. The van der Waals surface area contributed by atoms with Crippen LogP contribution in [0, 0.1) is 20.8 Å². The summed E-state index contributed by atoms with van der Waals surface area (Å²) in [6, 6.07) is 16.9. The molecule has 5 heteroatoms. The van der Waals surface area contributed by atoms with Crippen molar-refractivity contribution in [2.45, 2.75) is 27.3 Å². The van der Waals surface area contributed by atoms with Gasteiger partial charge in [-0.2, -0.15) is 0 Å². The highest BCUT2D eigenvalue weighted by atomic mass is 16.2. The molecule has 0 radical (unpaired) electrons. The lowest BCUT2D eigenvalue weighted by atomic mass is 10.1. The van der Waals surface area contributed by atoms with Gasteiger partial charge in [0.2, 0.25) is 0 Å². The molecular formula is C23H23N3O2. The van der Waals surface area contributed by atoms with Crippen LogP contribution in [0.1, 0.15) is 43.1 Å². The Morgan fingerprint density at radius 1 is 0.893 bits per heavy atom. The Balaban J connectivity index is 1.69. The summed E-state index contributed by atoms with van der Waals surface area (Å²) in [7, 11) is 0. The van der Waals surface area contributed by atoms with Gasteiger partial charge in [0.1, 0.15) is 5.69 Å². The summed E-state index contributed by atoms with van der Waals surface area (Å²) in [5, 5.41) is 5.76. The maximum absolute atomic E-state index is 12.6. The van der Waals surface area contributed by atoms with Gasteiger partial charge in [0.25, 0.3) is 11.8 Å². The van der Waals surface area contributed by atoms with Crippen molar-refractivity contribution in [2.75, 3.05) is 5.32 Å². The zero-order chi connectivity index (χ0) is 20.1. The number of carbonyl (C=O) groups excluding carboxylic acids is 2. The second-order valence-corrected chi connectivity index (χ2v) is 6.82. The van der Waals surface area contributed by atoms with Crippen LogP contribution in [0.2, 0.25) is 0 Å². The fraction of sp³-hybridized carbons (Fsp3) is 0.174. The molecule has 5 nitrogen and oxygen atoms in total. The summed E-state index contributed by atoms with van der Waals surface area (Å²) in [5.41, 5.74) is 5.52. The van der Waals surface area contributed by atoms with Crippen LogP contribution in [-0.4, -0.2) is 16.8 Å². The highest BCUT2D eigenvalue weighted by Gasteiger charge is 2.13. The average Bonchev–Trinajstić information content (AvgIpc) is 2.70. The number of rotatable bonds is 5. The molecule has 142 valence electrons. The van der Waals surface area contributed by atoms with Crippen molar-refractivity contribution in [1.29, 1.82) is 0 Å². The van der Waals surface area contributed by atoms with E-state index >= 15 is 0 Å². The number of aryl methyl sites for hydroxylation is 3. The Morgan fingerprint density at radius 3 is 2.25 bits per heavy atom. The SMILES string of the molecule is Cc1ccc(CNC(=O)c2cc(C(=O)Nc3c(C)cccc3C)ccn2)cc1. The summed E-state index contributed by atoms with van der Waals surface area (Å²) in [4.78, 5) is 29.2. The van der Waals surface area contributed by atoms with E-state index in [1.54, 1.807) is 6.07 Å². The smallest absolute Gasteiger partial charge is 0.270 e. The maximum atomic E-state index is 12.6. The van der Waals surface area contributed by atoms with Crippen LogP contribution in [-0.2, 0) is 6.54 Å². The number of para-hydroxylation sites is 1. The molecule has 0 saturated carbocycles. The lowest BCUT2D eigenvalue weighted by Gasteiger charge is -2.12. The third-order valence-corrected chi connectivity index (χ3v) is 4.55. The first kappa shape index (κ1) is 19.3. The van der Waals surface area contributed by atoms with E-state index in [-0.39, 0.29) is 17.5 Å². The van der Waals surface area contributed by atoms with Gasteiger partial charge in [-0.1, -0.05) is 48.0 Å². The molecule has 0 atom stereocenters. The van der Waals surface area contributed by atoms with Gasteiger partial charge >= 0.3 is 0 Å². The molecule has 0 fully saturated rings. The number of nitrogens with zero attached hydrogens (tertiary/aromatic N) is 1. The predicted octanol–water partition coefficient (Wildman–Crippen LogP) is 4.19. The van der Waals surface area contributed by atoms with Crippen LogP contribution in [0.15, 0.2) is 60.8 Å². The standard InChI is InChI=1S/C23H23N3O2/c1-15-7-9-18(10-8-15)14-25-23(28)20-13-19(11-12-24-20)22(27)26-21-16(2)5-4-6-17(21)3/h4-13H,14H2,1-3H3,(H,25,28)(H,26,27). The number of hydrogen-bond acceptors (Lipinski definition) is 3. The Hall–Kier alpha value is -3.47. The number of anilines is 1. The molecule has 1 heterocycles. The molecule has 0 aliphatic carbocycles. The van der Waals surface area contributed by atoms with Crippen LogP contribution in [0.4, 0.5) is 5.69 Å². The van der Waals surface area contributed by atoms with Gasteiger partial charge < -0.3 is 10.6 Å². The minimum absolute atomic E-state index is 0.210. The molecule has 2 N–H and O–H groups in total. The van der Waals surface area contributed by atoms with Gasteiger partial charge in [0.05, 0.1) is 0 Å². The Labute approximate surface area is 164 Å². The predicted molar refractivity (Wildman–Crippen MR) is 110 cm³/mol. The van der Waals surface area contributed by atoms with Crippen LogP contribution in [0.25, 0.3) is 0 Å². The summed E-state index contributed by atoms with van der Waals surface area (Å²) in [6.07, 6.45) is 1.47. The van der Waals surface area contributed by atoms with Gasteiger partial charge in [0, 0.05) is 24.0 Å². The molecule has 3 aromatic rings. The first-order chi connectivity index (χ1) is 13.4. The van der Waals surface area contributed by atoms with Crippen LogP contribution >= 0.6 is 0 Å². The van der Waals surface area contributed by atoms with E-state index in [0.717, 1.165) is 22.4 Å². The number of hydrogen-bond donors (Lipinski definition) is 2. The molecule has 0 spiro atoms. The van der Waals surface area contributed by atoms with Crippen molar-refractivity contribution in [3.63, 3.8) is 0 Å². The van der Waals surface area contributed by atoms with Crippen molar-refractivity contribution in [1.82, 2.24) is 10.3 Å². The molecule has 0 aliphatic rings. The number of aromatic nitrogens is 1. The Morgan fingerprint density at radius 2 is 1.57 bits per heavy atom. The molecule has 0 bridgehead atoms. The van der Waals surface area contributed by atoms with Crippen molar-refractivity contribution >= 4 is 17.5 Å². The lowest BCUT2D eigenvalue weighted by molar-refractivity contribution is 0.0946. The molecule has 1 aromatic heterocycles. The molecule has 0 saturated heterocycles. The quantitative estimate of drug-likeness (QED) is 0.704. The maximum Gasteiger partial charge on any atom is 0.270 e. The van der Waals surface area contributed by atoms with E-state index in [2.05, 4.69) is 15.6 Å². The molecule has 0 aliphatic heterocycles. The van der Waals surface area contributed by atoms with Gasteiger partial charge in [0.15, 0.2) is 0 Å². The molecule has 28 heavy (non-hydrogen) atoms. The number of pyridine rings is 1. The molecule has 2 amide bonds. The topological polar surface area (TPSA) is 71.1 Å². The summed E-state index contributed by atoms with van der Waals surface area (Å²) in [6.45, 7) is 6.30. The second kappa shape index (κ2) is 8.48. The Kier molecular flexibility index (Phi) is 5.84. The molecule has 3 rings (SSSR count). The number of benzene rings is 2. The third kappa shape index (κ3) is 4.62. The second-order valence-electron chi connectivity index (χ2n) is 6.82. The molecule has 2 aromatic carbocycles. The van der Waals surface area contributed by atoms with Crippen LogP contribution in [0.5, 0.6) is 0 Å². The largest absolute Gasteiger partial charge is 0.347 e. The van der Waals surface area contributed by atoms with E-state index < -0.39 is 0 Å². The van der Waals surface area contributed by atoms with Crippen molar-refractivity contribution in [2.24, 2.45) is 0 Å². The number of nitrogens with one attached hydrogen (secondary N) is 2. The van der Waals surface area contributed by atoms with Crippen LogP contribution in [0.3, 0.4) is 0 Å². The minimum Gasteiger partial charge on any atom is -0.347 e. The zero-order valence-corrected chi connectivity index (χ0v) is 16.2. The van der Waals surface area contributed by atoms with Crippen molar-refractivity contribution in [3.8, 4) is 0 Å². The highest BCUT2D eigenvalue weighted by Crippen LogP contribution is 2.20. The lowest BCUT2D eigenvalue weighted by Crippen LogP contribution is -2.24. The number of amides is 2. The first-order valence-corrected chi connectivity index (χ1v) is 9.11. The molecule has 0 unspecified atom stereocenters. The zero-order valence-electron chi connectivity index (χ0n) is 16.2. The van der Waals surface area contributed by atoms with E-state index in [0.29, 0.717) is 12.1 Å². The summed E-state index contributed by atoms with van der Waals surface area (Å²) >= 11 is 0. The fourth-order valence-corrected chi connectivity index (χ4v) is 2.87. The van der Waals surface area contributed by atoms with Gasteiger partial charge in [-0.05, 0) is 49.6 Å². The van der Waals surface area contributed by atoms with E-state index in [4.69, 9.17) is 0 Å². The normalized spacial score (nSPS) is 10.4. The van der Waals surface area contributed by atoms with Gasteiger partial charge in [-0.3, -0.25) is 14.6 Å². The van der Waals surface area contributed by atoms with Crippen molar-refractivity contribution < 1.29 is 9.59 Å². The highest BCUT2D eigenvalue weighted by molar-refractivity contribution is 6.06. The van der Waals surface area contributed by atoms with E-state index in [9.17, 15) is 9.59 Å². The van der Waals surface area contributed by atoms with E-state index in [1.165, 1.54) is 17.8 Å². The van der Waals surface area contributed by atoms with E-state index in [1.807, 2.05) is 63.2 Å².